The zero-order valence-electron chi connectivity index (χ0n) is 16.5. The number of nitrogens with one attached hydrogen (secondary N) is 2. The first kappa shape index (κ1) is 18.6. The van der Waals surface area contributed by atoms with Gasteiger partial charge in [-0.3, -0.25) is 9.59 Å². The smallest absolute Gasteiger partial charge is 0.307 e. The molecule has 5 rings (SSSR count). The zero-order valence-corrected chi connectivity index (χ0v) is 16.5. The van der Waals surface area contributed by atoms with E-state index in [1.807, 2.05) is 12.4 Å². The molecule has 2 amide bonds. The lowest BCUT2D eigenvalue weighted by molar-refractivity contribution is 0.0902. The van der Waals surface area contributed by atoms with Crippen LogP contribution < -0.4 is 10.9 Å². The number of carbonyl (C=O) groups excluding carboxylic acids is 2. The summed E-state index contributed by atoms with van der Waals surface area (Å²) in [5.74, 6) is 3.30. The van der Waals surface area contributed by atoms with Crippen molar-refractivity contribution in [2.75, 3.05) is 0 Å². The van der Waals surface area contributed by atoms with Crippen LogP contribution in [0.1, 0.15) is 72.5 Å². The molecule has 4 fully saturated rings. The van der Waals surface area contributed by atoms with Crippen molar-refractivity contribution in [1.29, 1.82) is 0 Å². The third-order valence-corrected chi connectivity index (χ3v) is 7.50. The van der Waals surface area contributed by atoms with Gasteiger partial charge in [-0.25, -0.2) is 10.9 Å². The molecule has 4 bridgehead atoms. The number of hydrogen-bond acceptors (Lipinski definition) is 5. The second-order valence-corrected chi connectivity index (χ2v) is 9.28. The minimum absolute atomic E-state index is 0.0670. The third-order valence-electron chi connectivity index (χ3n) is 7.50. The molecular weight excluding hydrogens is 368 g/mol. The van der Waals surface area contributed by atoms with Gasteiger partial charge < -0.3 is 4.42 Å². The fourth-order valence-corrected chi connectivity index (χ4v) is 6.03. The van der Waals surface area contributed by atoms with Crippen LogP contribution in [0.5, 0.6) is 0 Å². The molecule has 6 unspecified atom stereocenters. The minimum Gasteiger partial charge on any atom is -0.446 e. The lowest BCUT2D eigenvalue weighted by atomic mass is 9.90. The molecule has 29 heavy (non-hydrogen) atoms. The highest BCUT2D eigenvalue weighted by atomic mass is 16.4. The summed E-state index contributed by atoms with van der Waals surface area (Å²) in [5.41, 5.74) is 5.02. The van der Waals surface area contributed by atoms with Gasteiger partial charge in [0.05, 0.1) is 0 Å². The molecule has 4 saturated carbocycles. The Morgan fingerprint density at radius 2 is 1.28 bits per heavy atom. The Kier molecular flexibility index (Phi) is 4.97. The van der Waals surface area contributed by atoms with E-state index in [9.17, 15) is 9.59 Å². The summed E-state index contributed by atoms with van der Waals surface area (Å²) in [5, 5.41) is 8.21. The van der Waals surface area contributed by atoms with Crippen LogP contribution in [0.3, 0.4) is 0 Å². The van der Waals surface area contributed by atoms with Gasteiger partial charge in [-0.05, 0) is 86.2 Å². The molecule has 7 heteroatoms. The van der Waals surface area contributed by atoms with Crippen LogP contribution >= 0.6 is 0 Å². The number of nitrogens with zero attached hydrogens (tertiary/aromatic N) is 2. The molecule has 154 valence electrons. The molecule has 7 nitrogen and oxygen atoms in total. The van der Waals surface area contributed by atoms with Crippen LogP contribution in [0.15, 0.2) is 26.8 Å². The molecule has 1 aromatic heterocycles. The largest absolute Gasteiger partial charge is 0.446 e. The first-order chi connectivity index (χ1) is 14.2. The van der Waals surface area contributed by atoms with Crippen LogP contribution in [0.2, 0.25) is 0 Å². The number of hydrogen-bond donors (Lipinski definition) is 2. The molecule has 0 aliphatic heterocycles. The second kappa shape index (κ2) is 7.76. The van der Waals surface area contributed by atoms with Crippen molar-refractivity contribution in [3.8, 4) is 0 Å². The molecule has 4 aliphatic carbocycles. The van der Waals surface area contributed by atoms with Crippen molar-refractivity contribution in [1.82, 2.24) is 10.9 Å². The molecule has 0 spiro atoms. The fraction of sp³-hybridized carbons (Fsp3) is 0.636. The maximum atomic E-state index is 12.2. The van der Waals surface area contributed by atoms with Crippen LogP contribution in [0.25, 0.3) is 0 Å². The Balaban J connectivity index is 1.10. The minimum atomic E-state index is -0.450. The Labute approximate surface area is 170 Å². The molecule has 2 N–H and O–H groups in total. The van der Waals surface area contributed by atoms with Gasteiger partial charge >= 0.3 is 11.8 Å². The topological polar surface area (TPSA) is 96.1 Å². The lowest BCUT2D eigenvalue weighted by Gasteiger charge is -2.16. The van der Waals surface area contributed by atoms with E-state index < -0.39 is 11.8 Å². The SMILES string of the molecule is O=C(NN=CC1CC2CCC1C2)c1ccc(C(=O)NN=CC2CC3CCC2C3)o1. The van der Waals surface area contributed by atoms with Gasteiger partial charge in [-0.2, -0.15) is 10.2 Å². The highest BCUT2D eigenvalue weighted by molar-refractivity contribution is 5.95. The standard InChI is InChI=1S/C22H28N4O3/c27-21(25-23-11-17-9-13-1-3-15(17)7-13)19-5-6-20(29-19)22(28)26-24-12-18-10-14-2-4-16(18)8-14/h5-6,11-18H,1-4,7-10H2,(H,25,27)(H,26,28). The van der Waals surface area contributed by atoms with Gasteiger partial charge in [0.25, 0.3) is 0 Å². The summed E-state index contributed by atoms with van der Waals surface area (Å²) in [6, 6.07) is 2.97. The van der Waals surface area contributed by atoms with E-state index in [0.29, 0.717) is 11.8 Å². The molecule has 4 aliphatic rings. The van der Waals surface area contributed by atoms with E-state index in [-0.39, 0.29) is 11.5 Å². The predicted molar refractivity (Wildman–Crippen MR) is 109 cm³/mol. The van der Waals surface area contributed by atoms with Crippen LogP contribution in [0, 0.1) is 35.5 Å². The number of furan rings is 1. The first-order valence-corrected chi connectivity index (χ1v) is 10.9. The maximum absolute atomic E-state index is 12.2. The van der Waals surface area contributed by atoms with Crippen LogP contribution in [-0.2, 0) is 0 Å². The van der Waals surface area contributed by atoms with Crippen molar-refractivity contribution in [2.24, 2.45) is 45.7 Å². The van der Waals surface area contributed by atoms with Crippen LogP contribution in [-0.4, -0.2) is 24.2 Å². The van der Waals surface area contributed by atoms with Gasteiger partial charge in [0.2, 0.25) is 0 Å². The van der Waals surface area contributed by atoms with E-state index in [0.717, 1.165) is 23.7 Å². The van der Waals surface area contributed by atoms with Gasteiger partial charge in [-0.1, -0.05) is 12.8 Å². The Hall–Kier alpha value is -2.44. The van der Waals surface area contributed by atoms with Crippen molar-refractivity contribution in [2.45, 2.75) is 51.4 Å². The van der Waals surface area contributed by atoms with Gasteiger partial charge in [0.15, 0.2) is 11.5 Å². The lowest BCUT2D eigenvalue weighted by Crippen LogP contribution is -2.20. The molecule has 1 aromatic rings. The molecule has 0 aromatic carbocycles. The molecule has 0 radical (unpaired) electrons. The quantitative estimate of drug-likeness (QED) is 0.568. The van der Waals surface area contributed by atoms with Crippen molar-refractivity contribution in [3.05, 3.63) is 23.7 Å². The van der Waals surface area contributed by atoms with E-state index in [1.54, 1.807) is 0 Å². The molecular formula is C22H28N4O3. The summed E-state index contributed by atoms with van der Waals surface area (Å²) in [6.07, 6.45) is 13.9. The normalized spacial score (nSPS) is 35.2. The van der Waals surface area contributed by atoms with Crippen LogP contribution in [0.4, 0.5) is 0 Å². The van der Waals surface area contributed by atoms with Gasteiger partial charge in [0.1, 0.15) is 0 Å². The summed E-state index contributed by atoms with van der Waals surface area (Å²) in [6.45, 7) is 0. The van der Waals surface area contributed by atoms with E-state index >= 15 is 0 Å². The summed E-state index contributed by atoms with van der Waals surface area (Å²) in [7, 11) is 0. The van der Waals surface area contributed by atoms with E-state index in [4.69, 9.17) is 4.42 Å². The number of amides is 2. The Morgan fingerprint density at radius 1 is 0.793 bits per heavy atom. The highest BCUT2D eigenvalue weighted by Crippen LogP contribution is 2.48. The molecule has 1 heterocycles. The average molecular weight is 396 g/mol. The van der Waals surface area contributed by atoms with E-state index in [1.165, 1.54) is 63.5 Å². The number of carbonyl (C=O) groups is 2. The zero-order chi connectivity index (χ0) is 19.8. The Bertz CT molecular complexity index is 778. The number of fused-ring (bicyclic) bond motifs is 4. The summed E-state index contributed by atoms with van der Waals surface area (Å²) < 4.78 is 5.38. The van der Waals surface area contributed by atoms with Crippen molar-refractivity contribution in [3.63, 3.8) is 0 Å². The second-order valence-electron chi connectivity index (χ2n) is 9.28. The van der Waals surface area contributed by atoms with Crippen molar-refractivity contribution < 1.29 is 14.0 Å². The number of rotatable bonds is 6. The maximum Gasteiger partial charge on any atom is 0.307 e. The monoisotopic (exact) mass is 396 g/mol. The Morgan fingerprint density at radius 3 is 1.66 bits per heavy atom. The molecule has 6 atom stereocenters. The number of hydrazone groups is 2. The summed E-state index contributed by atoms with van der Waals surface area (Å²) in [4.78, 5) is 24.4. The van der Waals surface area contributed by atoms with E-state index in [2.05, 4.69) is 21.1 Å². The average Bonchev–Trinajstić information content (AvgIpc) is 3.54. The fourth-order valence-electron chi connectivity index (χ4n) is 6.03. The third kappa shape index (κ3) is 3.87. The predicted octanol–water partition coefficient (Wildman–Crippen LogP) is 3.58. The van der Waals surface area contributed by atoms with Gasteiger partial charge in [-0.15, -0.1) is 0 Å². The van der Waals surface area contributed by atoms with Gasteiger partial charge in [0, 0.05) is 12.4 Å². The first-order valence-electron chi connectivity index (χ1n) is 10.9. The van der Waals surface area contributed by atoms with Crippen molar-refractivity contribution >= 4 is 24.2 Å². The highest BCUT2D eigenvalue weighted by Gasteiger charge is 2.39. The summed E-state index contributed by atoms with van der Waals surface area (Å²) >= 11 is 0. The molecule has 0 saturated heterocycles.